The van der Waals surface area contributed by atoms with Crippen molar-refractivity contribution in [3.8, 4) is 0 Å². The van der Waals surface area contributed by atoms with E-state index in [-0.39, 0.29) is 5.97 Å². The minimum atomic E-state index is -0.203. The zero-order valence-corrected chi connectivity index (χ0v) is 12.8. The molecule has 1 aromatic carbocycles. The number of hydrogen-bond donors (Lipinski definition) is 1. The number of ether oxygens (including phenoxy) is 1. The van der Waals surface area contributed by atoms with E-state index < -0.39 is 0 Å². The Bertz CT molecular complexity index is 583. The fourth-order valence-electron chi connectivity index (χ4n) is 1.80. The summed E-state index contributed by atoms with van der Waals surface area (Å²) in [6.07, 6.45) is 0.343. The molecule has 0 saturated heterocycles. The highest BCUT2D eigenvalue weighted by Gasteiger charge is 2.06. The summed E-state index contributed by atoms with van der Waals surface area (Å²) in [6.45, 7) is 1.54. The number of benzene rings is 1. The molecule has 1 heterocycles. The first-order valence-electron chi connectivity index (χ1n) is 6.27. The molecule has 5 heteroatoms. The molecule has 0 radical (unpaired) electrons. The third kappa shape index (κ3) is 4.63. The van der Waals surface area contributed by atoms with Crippen LogP contribution in [0.3, 0.4) is 0 Å². The monoisotopic (exact) mass is 309 g/mol. The summed E-state index contributed by atoms with van der Waals surface area (Å²) in [6, 6.07) is 11.8. The molecule has 0 bridgehead atoms. The second kappa shape index (κ2) is 7.43. The van der Waals surface area contributed by atoms with Crippen molar-refractivity contribution in [3.63, 3.8) is 0 Å². The summed E-state index contributed by atoms with van der Waals surface area (Å²) in [7, 11) is 1.41. The molecular formula is C15H16ClNO2S. The largest absolute Gasteiger partial charge is 0.469 e. The van der Waals surface area contributed by atoms with E-state index in [9.17, 15) is 4.79 Å². The van der Waals surface area contributed by atoms with Crippen molar-refractivity contribution < 1.29 is 9.53 Å². The quantitative estimate of drug-likeness (QED) is 0.831. The van der Waals surface area contributed by atoms with Crippen LogP contribution >= 0.6 is 22.9 Å². The van der Waals surface area contributed by atoms with Gasteiger partial charge in [-0.05, 0) is 29.8 Å². The van der Waals surface area contributed by atoms with Gasteiger partial charge in [0.05, 0.1) is 13.5 Å². The molecule has 0 aliphatic heterocycles. The minimum absolute atomic E-state index is 0.203. The molecule has 2 rings (SSSR count). The van der Waals surface area contributed by atoms with Crippen LogP contribution in [-0.2, 0) is 29.0 Å². The molecule has 0 aliphatic carbocycles. The van der Waals surface area contributed by atoms with Crippen molar-refractivity contribution in [2.75, 3.05) is 7.11 Å². The van der Waals surface area contributed by atoms with Crippen LogP contribution in [0, 0.1) is 0 Å². The third-order valence-electron chi connectivity index (χ3n) is 2.78. The van der Waals surface area contributed by atoms with Crippen molar-refractivity contribution in [1.82, 2.24) is 5.32 Å². The number of methoxy groups -OCH3 is 1. The van der Waals surface area contributed by atoms with Gasteiger partial charge in [0.1, 0.15) is 0 Å². The normalized spacial score (nSPS) is 10.5. The molecule has 0 amide bonds. The number of nitrogens with one attached hydrogen (secondary N) is 1. The van der Waals surface area contributed by atoms with Crippen LogP contribution in [0.25, 0.3) is 0 Å². The highest BCUT2D eigenvalue weighted by molar-refractivity contribution is 7.12. The summed E-state index contributed by atoms with van der Waals surface area (Å²) in [4.78, 5) is 13.4. The molecular weight excluding hydrogens is 294 g/mol. The molecule has 0 spiro atoms. The lowest BCUT2D eigenvalue weighted by Crippen LogP contribution is -2.11. The van der Waals surface area contributed by atoms with Crippen LogP contribution in [0.4, 0.5) is 0 Å². The molecule has 0 saturated carbocycles. The Hall–Kier alpha value is -1.36. The van der Waals surface area contributed by atoms with Gasteiger partial charge in [0.15, 0.2) is 0 Å². The minimum Gasteiger partial charge on any atom is -0.469 e. The number of thiophene rings is 1. The van der Waals surface area contributed by atoms with Crippen LogP contribution in [0.1, 0.15) is 15.3 Å². The second-order valence-corrected chi connectivity index (χ2v) is 6.04. The summed E-state index contributed by atoms with van der Waals surface area (Å²) in [5.74, 6) is -0.203. The molecule has 0 atom stereocenters. The van der Waals surface area contributed by atoms with Gasteiger partial charge < -0.3 is 10.1 Å². The fourth-order valence-corrected chi connectivity index (χ4v) is 2.99. The van der Waals surface area contributed by atoms with Gasteiger partial charge >= 0.3 is 5.97 Å². The fraction of sp³-hybridized carbons (Fsp3) is 0.267. The first-order chi connectivity index (χ1) is 9.67. The van der Waals surface area contributed by atoms with Gasteiger partial charge in [0, 0.05) is 27.9 Å². The summed E-state index contributed by atoms with van der Waals surface area (Å²) in [5.41, 5.74) is 1.16. The third-order valence-corrected chi connectivity index (χ3v) is 4.10. The van der Waals surface area contributed by atoms with Crippen LogP contribution in [-0.4, -0.2) is 13.1 Å². The van der Waals surface area contributed by atoms with E-state index in [1.165, 1.54) is 12.0 Å². The molecule has 20 heavy (non-hydrogen) atoms. The SMILES string of the molecule is COC(=O)Cc1ccc(CNCc2cccc(Cl)c2)s1. The van der Waals surface area contributed by atoms with E-state index in [1.54, 1.807) is 11.3 Å². The Morgan fingerprint density at radius 1 is 1.25 bits per heavy atom. The Labute approximate surface area is 127 Å². The molecule has 1 aromatic heterocycles. The lowest BCUT2D eigenvalue weighted by atomic mass is 10.2. The maximum atomic E-state index is 11.2. The number of carbonyl (C=O) groups excluding carboxylic acids is 1. The molecule has 0 aliphatic rings. The van der Waals surface area contributed by atoms with Crippen LogP contribution < -0.4 is 5.32 Å². The molecule has 0 unspecified atom stereocenters. The molecule has 106 valence electrons. The van der Waals surface area contributed by atoms with Gasteiger partial charge in [-0.1, -0.05) is 23.7 Å². The predicted octanol–water partition coefficient (Wildman–Crippen LogP) is 3.41. The lowest BCUT2D eigenvalue weighted by molar-refractivity contribution is -0.139. The average molecular weight is 310 g/mol. The van der Waals surface area contributed by atoms with Gasteiger partial charge in [-0.15, -0.1) is 11.3 Å². The molecule has 0 fully saturated rings. The number of rotatable bonds is 6. The van der Waals surface area contributed by atoms with E-state index in [1.807, 2.05) is 36.4 Å². The van der Waals surface area contributed by atoms with E-state index in [0.29, 0.717) is 6.42 Å². The first-order valence-corrected chi connectivity index (χ1v) is 7.46. The summed E-state index contributed by atoms with van der Waals surface area (Å²) >= 11 is 7.56. The second-order valence-electron chi connectivity index (χ2n) is 4.35. The number of hydrogen-bond acceptors (Lipinski definition) is 4. The Morgan fingerprint density at radius 2 is 2.05 bits per heavy atom. The van der Waals surface area contributed by atoms with Crippen molar-refractivity contribution in [2.24, 2.45) is 0 Å². The molecule has 3 nitrogen and oxygen atoms in total. The Kier molecular flexibility index (Phi) is 5.59. The van der Waals surface area contributed by atoms with Gasteiger partial charge in [-0.2, -0.15) is 0 Å². The summed E-state index contributed by atoms with van der Waals surface area (Å²) in [5, 5.41) is 4.11. The maximum absolute atomic E-state index is 11.2. The van der Waals surface area contributed by atoms with Gasteiger partial charge in [-0.3, -0.25) is 4.79 Å². The van der Waals surface area contributed by atoms with Crippen LogP contribution in [0.5, 0.6) is 0 Å². The zero-order chi connectivity index (χ0) is 14.4. The van der Waals surface area contributed by atoms with Gasteiger partial charge in [0.2, 0.25) is 0 Å². The number of halogens is 1. The highest BCUT2D eigenvalue weighted by atomic mass is 35.5. The van der Waals surface area contributed by atoms with Crippen molar-refractivity contribution in [2.45, 2.75) is 19.5 Å². The van der Waals surface area contributed by atoms with E-state index in [2.05, 4.69) is 10.1 Å². The predicted molar refractivity (Wildman–Crippen MR) is 82.0 cm³/mol. The van der Waals surface area contributed by atoms with Crippen molar-refractivity contribution in [3.05, 3.63) is 56.7 Å². The average Bonchev–Trinajstić information content (AvgIpc) is 2.86. The van der Waals surface area contributed by atoms with Gasteiger partial charge in [0.25, 0.3) is 0 Å². The van der Waals surface area contributed by atoms with E-state index >= 15 is 0 Å². The van der Waals surface area contributed by atoms with E-state index in [0.717, 1.165) is 28.6 Å². The highest BCUT2D eigenvalue weighted by Crippen LogP contribution is 2.17. The Balaban J connectivity index is 1.81. The molecule has 2 aromatic rings. The smallest absolute Gasteiger partial charge is 0.310 e. The maximum Gasteiger partial charge on any atom is 0.310 e. The summed E-state index contributed by atoms with van der Waals surface area (Å²) < 4.78 is 4.65. The number of carbonyl (C=O) groups is 1. The van der Waals surface area contributed by atoms with Crippen molar-refractivity contribution >= 4 is 28.9 Å². The lowest BCUT2D eigenvalue weighted by Gasteiger charge is -2.03. The molecule has 1 N–H and O–H groups in total. The first kappa shape index (κ1) is 15.0. The van der Waals surface area contributed by atoms with Gasteiger partial charge in [-0.25, -0.2) is 0 Å². The zero-order valence-electron chi connectivity index (χ0n) is 11.2. The van der Waals surface area contributed by atoms with Crippen molar-refractivity contribution in [1.29, 1.82) is 0 Å². The standard InChI is InChI=1S/C15H16ClNO2S/c1-19-15(18)8-13-5-6-14(20-13)10-17-9-11-3-2-4-12(16)7-11/h2-7,17H,8-10H2,1H3. The van der Waals surface area contributed by atoms with E-state index in [4.69, 9.17) is 11.6 Å². The number of esters is 1. The van der Waals surface area contributed by atoms with Crippen LogP contribution in [0.2, 0.25) is 5.02 Å². The van der Waals surface area contributed by atoms with Crippen LogP contribution in [0.15, 0.2) is 36.4 Å². The Morgan fingerprint density at radius 3 is 2.80 bits per heavy atom. The topological polar surface area (TPSA) is 38.3 Å².